The van der Waals surface area contributed by atoms with Crippen molar-refractivity contribution in [1.82, 2.24) is 9.97 Å². The summed E-state index contributed by atoms with van der Waals surface area (Å²) in [6.45, 7) is 5.49. The first kappa shape index (κ1) is 14.3. The van der Waals surface area contributed by atoms with Crippen LogP contribution in [0.15, 0.2) is 30.5 Å². The Labute approximate surface area is 119 Å². The number of aromatic nitrogens is 2. The Morgan fingerprint density at radius 3 is 2.60 bits per heavy atom. The molecule has 0 saturated carbocycles. The molecule has 0 atom stereocenters. The molecule has 0 radical (unpaired) electrons. The van der Waals surface area contributed by atoms with Gasteiger partial charge in [0, 0.05) is 25.5 Å². The minimum absolute atomic E-state index is 0.588. The van der Waals surface area contributed by atoms with Crippen molar-refractivity contribution in [3.05, 3.63) is 41.6 Å². The molecular formula is C15H20N4O. The van der Waals surface area contributed by atoms with Crippen LogP contribution in [0, 0.1) is 13.8 Å². The number of hydrogen-bond acceptors (Lipinski definition) is 5. The predicted octanol–water partition coefficient (Wildman–Crippen LogP) is 2.90. The van der Waals surface area contributed by atoms with Gasteiger partial charge in [-0.15, -0.1) is 0 Å². The molecule has 5 nitrogen and oxygen atoms in total. The first-order valence-electron chi connectivity index (χ1n) is 6.60. The molecule has 2 aromatic rings. The molecule has 20 heavy (non-hydrogen) atoms. The van der Waals surface area contributed by atoms with E-state index in [0.717, 1.165) is 18.1 Å². The zero-order valence-corrected chi connectivity index (χ0v) is 12.1. The minimum atomic E-state index is 0.588. The summed E-state index contributed by atoms with van der Waals surface area (Å²) in [6, 6.07) is 8.01. The van der Waals surface area contributed by atoms with Crippen molar-refractivity contribution in [3.63, 3.8) is 0 Å². The quantitative estimate of drug-likeness (QED) is 0.792. The van der Waals surface area contributed by atoms with Crippen molar-refractivity contribution in [2.24, 2.45) is 0 Å². The predicted molar refractivity (Wildman–Crippen MR) is 81.6 cm³/mol. The molecule has 106 valence electrons. The maximum Gasteiger partial charge on any atom is 0.229 e. The average molecular weight is 272 g/mol. The van der Waals surface area contributed by atoms with Crippen molar-refractivity contribution < 1.29 is 4.74 Å². The largest absolute Gasteiger partial charge is 0.383 e. The Morgan fingerprint density at radius 2 is 1.90 bits per heavy atom. The van der Waals surface area contributed by atoms with E-state index in [1.54, 1.807) is 13.3 Å². The lowest BCUT2D eigenvalue weighted by atomic mass is 10.1. The Hall–Kier alpha value is -2.14. The van der Waals surface area contributed by atoms with Crippen molar-refractivity contribution in [2.45, 2.75) is 13.8 Å². The molecule has 5 heteroatoms. The van der Waals surface area contributed by atoms with Crippen molar-refractivity contribution in [1.29, 1.82) is 0 Å². The van der Waals surface area contributed by atoms with E-state index in [9.17, 15) is 0 Å². The summed E-state index contributed by atoms with van der Waals surface area (Å²) in [5.74, 6) is 1.37. The number of para-hydroxylation sites is 1. The number of rotatable bonds is 6. The van der Waals surface area contributed by atoms with E-state index >= 15 is 0 Å². The fourth-order valence-corrected chi connectivity index (χ4v) is 1.92. The van der Waals surface area contributed by atoms with Gasteiger partial charge in [-0.1, -0.05) is 18.2 Å². The maximum absolute atomic E-state index is 5.00. The fourth-order valence-electron chi connectivity index (χ4n) is 1.92. The third kappa shape index (κ3) is 3.68. The lowest BCUT2D eigenvalue weighted by molar-refractivity contribution is 0.210. The smallest absolute Gasteiger partial charge is 0.229 e. The number of nitrogens with zero attached hydrogens (tertiary/aromatic N) is 2. The fraction of sp³-hybridized carbons (Fsp3) is 0.333. The molecule has 0 amide bonds. The number of ether oxygens (including phenoxy) is 1. The summed E-state index contributed by atoms with van der Waals surface area (Å²) < 4.78 is 5.00. The lowest BCUT2D eigenvalue weighted by Gasteiger charge is -2.12. The molecule has 0 fully saturated rings. The van der Waals surface area contributed by atoms with Gasteiger partial charge in [0.15, 0.2) is 0 Å². The highest BCUT2D eigenvalue weighted by atomic mass is 16.5. The van der Waals surface area contributed by atoms with Crippen molar-refractivity contribution in [3.8, 4) is 0 Å². The van der Waals surface area contributed by atoms with Gasteiger partial charge in [-0.25, -0.2) is 4.98 Å². The highest BCUT2D eigenvalue weighted by Gasteiger charge is 2.05. The Kier molecular flexibility index (Phi) is 4.90. The number of benzene rings is 1. The van der Waals surface area contributed by atoms with Crippen LogP contribution in [-0.4, -0.2) is 30.2 Å². The normalized spacial score (nSPS) is 10.3. The van der Waals surface area contributed by atoms with E-state index in [4.69, 9.17) is 4.74 Å². The van der Waals surface area contributed by atoms with Crippen LogP contribution >= 0.6 is 0 Å². The van der Waals surface area contributed by atoms with Crippen molar-refractivity contribution in [2.75, 3.05) is 30.9 Å². The van der Waals surface area contributed by atoms with E-state index in [1.165, 1.54) is 11.1 Å². The van der Waals surface area contributed by atoms with Crippen LogP contribution in [0.4, 0.5) is 17.5 Å². The van der Waals surface area contributed by atoms with Crippen LogP contribution in [0.25, 0.3) is 0 Å². The van der Waals surface area contributed by atoms with Crippen LogP contribution in [0.1, 0.15) is 11.1 Å². The zero-order valence-electron chi connectivity index (χ0n) is 12.1. The standard InChI is InChI=1S/C15H20N4O/c1-11-5-4-6-12(2)14(11)19-15-17-8-7-13(18-15)16-9-10-20-3/h4-8H,9-10H2,1-3H3,(H2,16,17,18,19). The number of hydrogen-bond donors (Lipinski definition) is 2. The third-order valence-corrected chi connectivity index (χ3v) is 2.99. The number of methoxy groups -OCH3 is 1. The molecule has 0 unspecified atom stereocenters. The number of nitrogens with one attached hydrogen (secondary N) is 2. The first-order valence-corrected chi connectivity index (χ1v) is 6.60. The van der Waals surface area contributed by atoms with Crippen LogP contribution in [-0.2, 0) is 4.74 Å². The van der Waals surface area contributed by atoms with Crippen LogP contribution < -0.4 is 10.6 Å². The highest BCUT2D eigenvalue weighted by Crippen LogP contribution is 2.22. The topological polar surface area (TPSA) is 59.1 Å². The van der Waals surface area contributed by atoms with E-state index in [-0.39, 0.29) is 0 Å². The third-order valence-electron chi connectivity index (χ3n) is 2.99. The summed E-state index contributed by atoms with van der Waals surface area (Å²) in [6.07, 6.45) is 1.73. The van der Waals surface area contributed by atoms with Gasteiger partial charge >= 0.3 is 0 Å². The second kappa shape index (κ2) is 6.86. The highest BCUT2D eigenvalue weighted by molar-refractivity contribution is 5.63. The molecule has 0 aliphatic rings. The second-order valence-corrected chi connectivity index (χ2v) is 4.58. The summed E-state index contributed by atoms with van der Waals surface area (Å²) in [4.78, 5) is 8.68. The zero-order chi connectivity index (χ0) is 14.4. The van der Waals surface area contributed by atoms with E-state index in [1.807, 2.05) is 12.1 Å². The maximum atomic E-state index is 5.00. The van der Waals surface area contributed by atoms with Crippen LogP contribution in [0.2, 0.25) is 0 Å². The van der Waals surface area contributed by atoms with E-state index < -0.39 is 0 Å². The van der Waals surface area contributed by atoms with E-state index in [2.05, 4.69) is 46.6 Å². The van der Waals surface area contributed by atoms with E-state index in [0.29, 0.717) is 12.6 Å². The minimum Gasteiger partial charge on any atom is -0.383 e. The monoisotopic (exact) mass is 272 g/mol. The van der Waals surface area contributed by atoms with Gasteiger partial charge in [0.25, 0.3) is 0 Å². The SMILES string of the molecule is COCCNc1ccnc(Nc2c(C)cccc2C)n1. The number of anilines is 3. The summed E-state index contributed by atoms with van der Waals surface area (Å²) in [7, 11) is 1.68. The molecule has 2 rings (SSSR count). The number of aryl methyl sites for hydroxylation is 2. The summed E-state index contributed by atoms with van der Waals surface area (Å²) in [5, 5.41) is 6.46. The Balaban J connectivity index is 2.11. The van der Waals surface area contributed by atoms with Gasteiger partial charge < -0.3 is 15.4 Å². The average Bonchev–Trinajstić information content (AvgIpc) is 2.44. The summed E-state index contributed by atoms with van der Waals surface area (Å²) in [5.41, 5.74) is 3.40. The molecule has 0 saturated heterocycles. The van der Waals surface area contributed by atoms with Crippen LogP contribution in [0.3, 0.4) is 0 Å². The van der Waals surface area contributed by atoms with Gasteiger partial charge in [0.1, 0.15) is 5.82 Å². The summed E-state index contributed by atoms with van der Waals surface area (Å²) >= 11 is 0. The molecule has 1 aromatic carbocycles. The molecular weight excluding hydrogens is 252 g/mol. The molecule has 0 aliphatic carbocycles. The second-order valence-electron chi connectivity index (χ2n) is 4.58. The molecule has 1 aromatic heterocycles. The van der Waals surface area contributed by atoms with Gasteiger partial charge in [0.2, 0.25) is 5.95 Å². The molecule has 0 aliphatic heterocycles. The van der Waals surface area contributed by atoms with Crippen LogP contribution in [0.5, 0.6) is 0 Å². The lowest BCUT2D eigenvalue weighted by Crippen LogP contribution is -2.10. The van der Waals surface area contributed by atoms with Gasteiger partial charge in [-0.3, -0.25) is 0 Å². The molecule has 1 heterocycles. The van der Waals surface area contributed by atoms with Crippen molar-refractivity contribution >= 4 is 17.5 Å². The molecule has 0 bridgehead atoms. The molecule has 0 spiro atoms. The van der Waals surface area contributed by atoms with Gasteiger partial charge in [0.05, 0.1) is 6.61 Å². The first-order chi connectivity index (χ1) is 9.70. The van der Waals surface area contributed by atoms with Gasteiger partial charge in [-0.2, -0.15) is 4.98 Å². The Bertz CT molecular complexity index is 551. The van der Waals surface area contributed by atoms with Gasteiger partial charge in [-0.05, 0) is 31.0 Å². The molecule has 2 N–H and O–H groups in total. The Morgan fingerprint density at radius 1 is 1.15 bits per heavy atom.